The number of nitrogens with zero attached hydrogens (tertiary/aromatic N) is 3. The monoisotopic (exact) mass is 333 g/mol. The highest BCUT2D eigenvalue weighted by Gasteiger charge is 2.25. The van der Waals surface area contributed by atoms with Gasteiger partial charge >= 0.3 is 0 Å². The summed E-state index contributed by atoms with van der Waals surface area (Å²) in [7, 11) is 0. The third kappa shape index (κ3) is 4.01. The topological polar surface area (TPSA) is 35.9 Å². The lowest BCUT2D eigenvalue weighted by molar-refractivity contribution is 0.101. The number of thiophene rings is 1. The molecule has 1 aliphatic heterocycles. The fraction of sp³-hybridized carbons (Fsp3) is 0.667. The molecule has 0 unspecified atom stereocenters. The van der Waals surface area contributed by atoms with Gasteiger partial charge in [-0.1, -0.05) is 19.3 Å². The second-order valence-corrected chi connectivity index (χ2v) is 7.56. The lowest BCUT2D eigenvalue weighted by Gasteiger charge is -2.41. The van der Waals surface area contributed by atoms with Crippen LogP contribution in [0.5, 0.6) is 0 Å². The maximum Gasteiger partial charge on any atom is 0.162 e. The van der Waals surface area contributed by atoms with Crippen LogP contribution in [0, 0.1) is 0 Å². The normalized spacial score (nSPS) is 21.7. The number of ketones is 1. The minimum absolute atomic E-state index is 0.0971. The smallest absolute Gasteiger partial charge is 0.162 e. The molecule has 2 aliphatic rings. The van der Waals surface area contributed by atoms with E-state index in [1.807, 2.05) is 11.4 Å². The van der Waals surface area contributed by atoms with E-state index in [1.54, 1.807) is 18.3 Å². The van der Waals surface area contributed by atoms with Gasteiger partial charge in [0.1, 0.15) is 10.8 Å². The minimum Gasteiger partial charge on any atom is -0.358 e. The van der Waals surface area contributed by atoms with E-state index >= 15 is 0 Å². The lowest BCUT2D eigenvalue weighted by atomic mass is 9.94. The van der Waals surface area contributed by atoms with Crippen LogP contribution in [0.1, 0.15) is 56.3 Å². The molecule has 0 radical (unpaired) electrons. The number of hydrogen-bond donors (Lipinski definition) is 0. The quantitative estimate of drug-likeness (QED) is 0.477. The first-order valence-electron chi connectivity index (χ1n) is 8.78. The Hall–Kier alpha value is -1.20. The van der Waals surface area contributed by atoms with Crippen LogP contribution in [0.3, 0.4) is 0 Å². The molecule has 23 heavy (non-hydrogen) atoms. The van der Waals surface area contributed by atoms with E-state index in [1.165, 1.54) is 32.1 Å². The SMILES string of the molecule is CC(=O)c1ccsc1/N=C(\C)N1CCN(C2CCCCC2)CC1. The van der Waals surface area contributed by atoms with Gasteiger partial charge in [-0.15, -0.1) is 11.3 Å². The van der Waals surface area contributed by atoms with Gasteiger partial charge in [0.2, 0.25) is 0 Å². The summed E-state index contributed by atoms with van der Waals surface area (Å²) in [6, 6.07) is 2.69. The predicted octanol–water partition coefficient (Wildman–Crippen LogP) is 3.95. The number of carbonyl (C=O) groups is 1. The van der Waals surface area contributed by atoms with Crippen LogP contribution in [0.15, 0.2) is 16.4 Å². The van der Waals surface area contributed by atoms with Crippen molar-refractivity contribution in [2.45, 2.75) is 52.0 Å². The molecular formula is C18H27N3OS. The molecule has 3 rings (SSSR count). The van der Waals surface area contributed by atoms with Crippen molar-refractivity contribution >= 4 is 28.0 Å². The van der Waals surface area contributed by atoms with Crippen molar-refractivity contribution in [3.05, 3.63) is 17.0 Å². The second-order valence-electron chi connectivity index (χ2n) is 6.67. The molecule has 0 bridgehead atoms. The largest absolute Gasteiger partial charge is 0.358 e. The molecule has 1 aromatic rings. The number of amidine groups is 1. The Kier molecular flexibility index (Phi) is 5.49. The zero-order valence-electron chi connectivity index (χ0n) is 14.3. The number of piperazine rings is 1. The predicted molar refractivity (Wildman–Crippen MR) is 97.1 cm³/mol. The summed E-state index contributed by atoms with van der Waals surface area (Å²) in [6.07, 6.45) is 6.98. The lowest BCUT2D eigenvalue weighted by Crippen LogP contribution is -2.51. The van der Waals surface area contributed by atoms with Crippen molar-refractivity contribution in [2.24, 2.45) is 4.99 Å². The van der Waals surface area contributed by atoms with Crippen LogP contribution in [0.25, 0.3) is 0 Å². The number of aliphatic imine (C=N–C) groups is 1. The van der Waals surface area contributed by atoms with Gasteiger partial charge in [-0.3, -0.25) is 9.69 Å². The van der Waals surface area contributed by atoms with Crippen molar-refractivity contribution in [2.75, 3.05) is 26.2 Å². The third-order valence-corrected chi connectivity index (χ3v) is 5.96. The zero-order chi connectivity index (χ0) is 16.2. The summed E-state index contributed by atoms with van der Waals surface area (Å²) in [5, 5.41) is 2.80. The molecule has 1 saturated heterocycles. The molecule has 2 heterocycles. The average molecular weight is 334 g/mol. The van der Waals surface area contributed by atoms with Crippen molar-refractivity contribution in [1.29, 1.82) is 0 Å². The van der Waals surface area contributed by atoms with E-state index in [4.69, 9.17) is 4.99 Å². The Balaban J connectivity index is 1.59. The van der Waals surface area contributed by atoms with Gasteiger partial charge < -0.3 is 4.90 Å². The van der Waals surface area contributed by atoms with E-state index in [-0.39, 0.29) is 5.78 Å². The average Bonchev–Trinajstić information content (AvgIpc) is 3.04. The molecule has 0 N–H and O–H groups in total. The molecule has 126 valence electrons. The van der Waals surface area contributed by atoms with Crippen LogP contribution in [-0.4, -0.2) is 53.6 Å². The Morgan fingerprint density at radius 2 is 1.83 bits per heavy atom. The molecule has 0 amide bonds. The second kappa shape index (κ2) is 7.58. The molecular weight excluding hydrogens is 306 g/mol. The summed E-state index contributed by atoms with van der Waals surface area (Å²) in [6.45, 7) is 8.06. The van der Waals surface area contributed by atoms with Gasteiger partial charge in [-0.25, -0.2) is 4.99 Å². The van der Waals surface area contributed by atoms with Gasteiger partial charge in [0, 0.05) is 32.2 Å². The van der Waals surface area contributed by atoms with Gasteiger partial charge in [0.15, 0.2) is 5.78 Å². The minimum atomic E-state index is 0.0971. The van der Waals surface area contributed by atoms with Crippen molar-refractivity contribution < 1.29 is 4.79 Å². The molecule has 5 heteroatoms. The Labute approximate surface area is 143 Å². The van der Waals surface area contributed by atoms with Crippen LogP contribution < -0.4 is 0 Å². The van der Waals surface area contributed by atoms with E-state index in [0.29, 0.717) is 0 Å². The fourth-order valence-electron chi connectivity index (χ4n) is 3.73. The summed E-state index contributed by atoms with van der Waals surface area (Å²) >= 11 is 1.55. The molecule has 0 atom stereocenters. The molecule has 0 aromatic carbocycles. The summed E-state index contributed by atoms with van der Waals surface area (Å²) in [4.78, 5) is 21.4. The summed E-state index contributed by atoms with van der Waals surface area (Å²) in [5.74, 6) is 1.14. The standard InChI is InChI=1S/C18H27N3OS/c1-14(22)17-8-13-23-18(17)19-15(2)20-9-11-21(12-10-20)16-6-4-3-5-7-16/h8,13,16H,3-7,9-12H2,1-2H3/b19-15+. The first-order valence-corrected chi connectivity index (χ1v) is 9.66. The highest BCUT2D eigenvalue weighted by atomic mass is 32.1. The number of carbonyl (C=O) groups excluding carboxylic acids is 1. The maximum absolute atomic E-state index is 11.6. The van der Waals surface area contributed by atoms with Crippen molar-refractivity contribution in [3.63, 3.8) is 0 Å². The number of rotatable bonds is 3. The molecule has 1 aromatic heterocycles. The molecule has 1 aliphatic carbocycles. The van der Waals surface area contributed by atoms with E-state index in [2.05, 4.69) is 16.7 Å². The highest BCUT2D eigenvalue weighted by molar-refractivity contribution is 7.14. The van der Waals surface area contributed by atoms with Crippen LogP contribution in [0.4, 0.5) is 5.00 Å². The number of Topliss-reactive ketones (excluding diaryl/α,β-unsaturated/α-hetero) is 1. The molecule has 1 saturated carbocycles. The van der Waals surface area contributed by atoms with Gasteiger partial charge in [0.25, 0.3) is 0 Å². The molecule has 2 fully saturated rings. The Bertz CT molecular complexity index is 567. The highest BCUT2D eigenvalue weighted by Crippen LogP contribution is 2.28. The Morgan fingerprint density at radius 3 is 2.48 bits per heavy atom. The zero-order valence-corrected chi connectivity index (χ0v) is 15.1. The molecule has 4 nitrogen and oxygen atoms in total. The van der Waals surface area contributed by atoms with Crippen LogP contribution in [-0.2, 0) is 0 Å². The van der Waals surface area contributed by atoms with Crippen molar-refractivity contribution in [3.8, 4) is 0 Å². The molecule has 0 spiro atoms. The third-order valence-electron chi connectivity index (χ3n) is 5.15. The first kappa shape index (κ1) is 16.7. The van der Waals surface area contributed by atoms with Crippen molar-refractivity contribution in [1.82, 2.24) is 9.80 Å². The summed E-state index contributed by atoms with van der Waals surface area (Å²) < 4.78 is 0. The summed E-state index contributed by atoms with van der Waals surface area (Å²) in [5.41, 5.74) is 0.746. The first-order chi connectivity index (χ1) is 11.1. The fourth-order valence-corrected chi connectivity index (χ4v) is 4.59. The van der Waals surface area contributed by atoms with E-state index in [9.17, 15) is 4.79 Å². The maximum atomic E-state index is 11.6. The van der Waals surface area contributed by atoms with Gasteiger partial charge in [-0.05, 0) is 38.1 Å². The number of hydrogen-bond acceptors (Lipinski definition) is 4. The van der Waals surface area contributed by atoms with Gasteiger partial charge in [-0.2, -0.15) is 0 Å². The van der Waals surface area contributed by atoms with Crippen LogP contribution >= 0.6 is 11.3 Å². The van der Waals surface area contributed by atoms with Crippen LogP contribution in [0.2, 0.25) is 0 Å². The van der Waals surface area contributed by atoms with Gasteiger partial charge in [0.05, 0.1) is 5.56 Å². The van der Waals surface area contributed by atoms with E-state index in [0.717, 1.165) is 48.6 Å². The Morgan fingerprint density at radius 1 is 1.13 bits per heavy atom. The van der Waals surface area contributed by atoms with E-state index < -0.39 is 0 Å².